The maximum atomic E-state index is 8.82. The van der Waals surface area contributed by atoms with E-state index in [1.54, 1.807) is 0 Å². The van der Waals surface area contributed by atoms with Gasteiger partial charge in [-0.15, -0.1) is 0 Å². The Labute approximate surface area is 100 Å². The SMILES string of the molecule is CC(C)O[P+]([B-]C#N)(OC(C)C)OC(C)C. The lowest BCUT2D eigenvalue weighted by Crippen LogP contribution is -2.21. The van der Waals surface area contributed by atoms with Gasteiger partial charge in [-0.3, -0.25) is 5.26 Å². The predicted molar refractivity (Wildman–Crippen MR) is 67.0 cm³/mol. The highest BCUT2D eigenvalue weighted by atomic mass is 31.2. The van der Waals surface area contributed by atoms with E-state index in [-0.39, 0.29) is 18.3 Å². The van der Waals surface area contributed by atoms with Crippen molar-refractivity contribution in [1.29, 1.82) is 5.26 Å². The van der Waals surface area contributed by atoms with E-state index in [0.717, 1.165) is 0 Å². The average molecular weight is 245 g/mol. The molecule has 0 N–H and O–H groups in total. The van der Waals surface area contributed by atoms with Gasteiger partial charge in [0.05, 0.1) is 18.3 Å². The lowest BCUT2D eigenvalue weighted by Gasteiger charge is -2.34. The quantitative estimate of drug-likeness (QED) is 0.510. The fourth-order valence-corrected chi connectivity index (χ4v) is 3.35. The fraction of sp³-hybridized carbons (Fsp3) is 0.900. The van der Waals surface area contributed by atoms with E-state index in [2.05, 4.69) is 0 Å². The molecule has 0 aromatic heterocycles. The molecule has 0 rings (SSSR count). The molecular formula is C10H21BNO3P. The van der Waals surface area contributed by atoms with Crippen molar-refractivity contribution in [2.75, 3.05) is 0 Å². The second-order valence-electron chi connectivity index (χ2n) is 4.26. The largest absolute Gasteiger partial charge is 0.252 e. The van der Waals surface area contributed by atoms with E-state index < -0.39 is 7.82 Å². The van der Waals surface area contributed by atoms with E-state index in [4.69, 9.17) is 18.8 Å². The van der Waals surface area contributed by atoms with Gasteiger partial charge in [0, 0.05) is 0 Å². The minimum absolute atomic E-state index is 0.0459. The van der Waals surface area contributed by atoms with E-state index in [0.29, 0.717) is 0 Å². The summed E-state index contributed by atoms with van der Waals surface area (Å²) >= 11 is 0. The van der Waals surface area contributed by atoms with Crippen LogP contribution in [0.5, 0.6) is 0 Å². The first-order valence-corrected chi connectivity index (χ1v) is 7.10. The Hall–Kier alpha value is -0.135. The third-order valence-electron chi connectivity index (χ3n) is 1.29. The molecule has 0 amide bonds. The standard InChI is InChI=1S/C10H21BNO3P/c1-8(2)13-16(11-7-12,14-9(3)4)15-10(5)6/h8-10H,1-6H3. The zero-order chi connectivity index (χ0) is 12.8. The molecule has 16 heavy (non-hydrogen) atoms. The minimum Gasteiger partial charge on any atom is -0.252 e. The van der Waals surface area contributed by atoms with E-state index in [1.165, 1.54) is 7.00 Å². The third-order valence-corrected chi connectivity index (χ3v) is 3.87. The van der Waals surface area contributed by atoms with Gasteiger partial charge in [0.25, 0.3) is 0 Å². The molecule has 0 aliphatic rings. The molecule has 0 saturated carbocycles. The van der Waals surface area contributed by atoms with Crippen LogP contribution in [0.1, 0.15) is 41.5 Å². The highest BCUT2D eigenvalue weighted by Crippen LogP contribution is 2.62. The number of hydrogen-bond acceptors (Lipinski definition) is 4. The molecule has 0 unspecified atom stereocenters. The van der Waals surface area contributed by atoms with E-state index in [9.17, 15) is 0 Å². The highest BCUT2D eigenvalue weighted by Gasteiger charge is 2.36. The van der Waals surface area contributed by atoms with Gasteiger partial charge in [0.2, 0.25) is 0 Å². The van der Waals surface area contributed by atoms with Crippen molar-refractivity contribution in [3.8, 4) is 5.97 Å². The summed E-state index contributed by atoms with van der Waals surface area (Å²) in [7, 11) is -2.65. The first-order valence-electron chi connectivity index (χ1n) is 5.49. The van der Waals surface area contributed by atoms with Crippen molar-refractivity contribution >= 4 is 14.8 Å². The molecule has 0 aromatic rings. The topological polar surface area (TPSA) is 51.5 Å². The Bertz CT molecular complexity index is 214. The van der Waals surface area contributed by atoms with Gasteiger partial charge in [0.1, 0.15) is 0 Å². The summed E-state index contributed by atoms with van der Waals surface area (Å²) in [6.45, 7) is 12.7. The molecule has 2 radical (unpaired) electrons. The Morgan fingerprint density at radius 2 is 1.19 bits per heavy atom. The number of nitrogens with zero attached hydrogens (tertiary/aromatic N) is 1. The molecule has 0 saturated heterocycles. The Balaban J connectivity index is 4.81. The van der Waals surface area contributed by atoms with Gasteiger partial charge >= 0.3 is 0 Å². The molecular weight excluding hydrogens is 224 g/mol. The average Bonchev–Trinajstić information content (AvgIpc) is 1.98. The Morgan fingerprint density at radius 1 is 0.875 bits per heavy atom. The summed E-state index contributed by atoms with van der Waals surface area (Å²) < 4.78 is 17.1. The van der Waals surface area contributed by atoms with Crippen molar-refractivity contribution in [2.24, 2.45) is 0 Å². The smallest absolute Gasteiger partial charge is 0.188 e. The second-order valence-corrected chi connectivity index (χ2v) is 6.23. The van der Waals surface area contributed by atoms with Crippen LogP contribution in [0.15, 0.2) is 0 Å². The summed E-state index contributed by atoms with van der Waals surface area (Å²) in [5, 5.41) is 8.82. The molecule has 4 nitrogen and oxygen atoms in total. The number of rotatable bonds is 7. The highest BCUT2D eigenvalue weighted by molar-refractivity contribution is 7.90. The van der Waals surface area contributed by atoms with Crippen LogP contribution >= 0.6 is 7.82 Å². The molecule has 6 heteroatoms. The van der Waals surface area contributed by atoms with E-state index >= 15 is 0 Å². The predicted octanol–water partition coefficient (Wildman–Crippen LogP) is 3.12. The van der Waals surface area contributed by atoms with Crippen LogP contribution in [0, 0.1) is 11.2 Å². The van der Waals surface area contributed by atoms with Gasteiger partial charge in [-0.25, -0.2) is 13.6 Å². The van der Waals surface area contributed by atoms with Gasteiger partial charge < -0.3 is 0 Å². The van der Waals surface area contributed by atoms with Gasteiger partial charge in [-0.2, -0.15) is 5.97 Å². The van der Waals surface area contributed by atoms with Crippen molar-refractivity contribution in [3.05, 3.63) is 0 Å². The van der Waals surface area contributed by atoms with Crippen LogP contribution < -0.4 is 0 Å². The molecule has 0 aliphatic heterocycles. The minimum atomic E-state index is -2.65. The van der Waals surface area contributed by atoms with Crippen molar-refractivity contribution in [2.45, 2.75) is 59.9 Å². The van der Waals surface area contributed by atoms with Crippen LogP contribution in [0.2, 0.25) is 0 Å². The summed E-state index contributed by atoms with van der Waals surface area (Å²) in [4.78, 5) is 0. The van der Waals surface area contributed by atoms with Gasteiger partial charge in [-0.1, -0.05) is 0 Å². The number of nitriles is 1. The normalized spacial score (nSPS) is 12.5. The maximum absolute atomic E-state index is 8.82. The van der Waals surface area contributed by atoms with Crippen LogP contribution in [0.25, 0.3) is 0 Å². The molecule has 0 spiro atoms. The maximum Gasteiger partial charge on any atom is 0.188 e. The first kappa shape index (κ1) is 15.9. The fourth-order valence-electron chi connectivity index (χ4n) is 1.12. The monoisotopic (exact) mass is 245 g/mol. The van der Waals surface area contributed by atoms with Crippen LogP contribution in [0.4, 0.5) is 0 Å². The van der Waals surface area contributed by atoms with Gasteiger partial charge in [-0.05, 0) is 41.5 Å². The van der Waals surface area contributed by atoms with Crippen molar-refractivity contribution in [3.63, 3.8) is 0 Å². The summed E-state index contributed by atoms with van der Waals surface area (Å²) in [5.41, 5.74) is 0. The van der Waals surface area contributed by atoms with Crippen LogP contribution in [-0.2, 0) is 13.6 Å². The van der Waals surface area contributed by atoms with E-state index in [1.807, 2.05) is 47.5 Å². The summed E-state index contributed by atoms with van der Waals surface area (Å²) in [6.07, 6.45) is -0.138. The van der Waals surface area contributed by atoms with Crippen LogP contribution in [-0.4, -0.2) is 25.3 Å². The second kappa shape index (κ2) is 7.24. The molecule has 0 bridgehead atoms. The molecule has 92 valence electrons. The zero-order valence-electron chi connectivity index (χ0n) is 10.9. The lowest BCUT2D eigenvalue weighted by atomic mass is 10.2. The number of hydrogen-bond donors (Lipinski definition) is 0. The third kappa shape index (κ3) is 6.45. The molecule has 0 fully saturated rings. The molecule has 0 heterocycles. The lowest BCUT2D eigenvalue weighted by molar-refractivity contribution is 0.0863. The molecule has 0 atom stereocenters. The first-order chi connectivity index (χ1) is 7.31. The zero-order valence-corrected chi connectivity index (χ0v) is 11.8. The Morgan fingerprint density at radius 3 is 1.38 bits per heavy atom. The van der Waals surface area contributed by atoms with Crippen LogP contribution in [0.3, 0.4) is 0 Å². The van der Waals surface area contributed by atoms with Crippen molar-refractivity contribution in [1.82, 2.24) is 0 Å². The van der Waals surface area contributed by atoms with Crippen molar-refractivity contribution < 1.29 is 13.6 Å². The molecule has 0 aromatic carbocycles. The summed E-state index contributed by atoms with van der Waals surface area (Å²) in [5.74, 6) is 1.97. The summed E-state index contributed by atoms with van der Waals surface area (Å²) in [6, 6.07) is 0. The van der Waals surface area contributed by atoms with Gasteiger partial charge in [0.15, 0.2) is 14.8 Å². The Kier molecular flexibility index (Phi) is 7.18. The molecule has 0 aliphatic carbocycles.